The number of benzene rings is 1. The van der Waals surface area contributed by atoms with Gasteiger partial charge in [-0.3, -0.25) is 4.79 Å². The number of nitrogens with zero attached hydrogens (tertiary/aromatic N) is 1. The maximum absolute atomic E-state index is 14.2. The Morgan fingerprint density at radius 3 is 2.57 bits per heavy atom. The van der Waals surface area contributed by atoms with Crippen molar-refractivity contribution in [1.82, 2.24) is 10.5 Å². The van der Waals surface area contributed by atoms with Gasteiger partial charge in [0.1, 0.15) is 17.4 Å². The summed E-state index contributed by atoms with van der Waals surface area (Å²) in [5, 5.41) is 6.45. The van der Waals surface area contributed by atoms with Crippen molar-refractivity contribution >= 4 is 5.91 Å². The number of hydrogen-bond acceptors (Lipinski definition) is 3. The summed E-state index contributed by atoms with van der Waals surface area (Å²) in [6.07, 6.45) is 0.709. The lowest BCUT2D eigenvalue weighted by Gasteiger charge is -2.22. The molecule has 3 rings (SSSR count). The van der Waals surface area contributed by atoms with Gasteiger partial charge in [-0.1, -0.05) is 25.1 Å². The minimum absolute atomic E-state index is 0.182. The molecule has 0 radical (unpaired) electrons. The number of rotatable bonds is 4. The first kappa shape index (κ1) is 15.6. The molecule has 0 aliphatic heterocycles. The average molecular weight is 320 g/mol. The van der Waals surface area contributed by atoms with Crippen molar-refractivity contribution in [1.29, 1.82) is 0 Å². The van der Waals surface area contributed by atoms with Gasteiger partial charge in [0, 0.05) is 24.1 Å². The molecule has 1 heterocycles. The summed E-state index contributed by atoms with van der Waals surface area (Å²) in [6, 6.07) is 5.13. The van der Waals surface area contributed by atoms with E-state index in [2.05, 4.69) is 10.5 Å². The van der Waals surface area contributed by atoms with Crippen LogP contribution in [0.15, 0.2) is 28.8 Å². The van der Waals surface area contributed by atoms with Gasteiger partial charge < -0.3 is 9.84 Å². The van der Waals surface area contributed by atoms with Crippen LogP contribution in [-0.4, -0.2) is 17.6 Å². The van der Waals surface area contributed by atoms with Gasteiger partial charge >= 0.3 is 0 Å². The molecule has 4 nitrogen and oxygen atoms in total. The summed E-state index contributed by atoms with van der Waals surface area (Å²) in [6.45, 7) is 5.96. The second-order valence-electron chi connectivity index (χ2n) is 6.77. The number of carbonyl (C=O) groups excluding carboxylic acids is 1. The summed E-state index contributed by atoms with van der Waals surface area (Å²) in [4.78, 5) is 12.1. The first-order valence-corrected chi connectivity index (χ1v) is 7.42. The molecule has 0 saturated heterocycles. The van der Waals surface area contributed by atoms with Crippen molar-refractivity contribution in [2.24, 2.45) is 5.41 Å². The van der Waals surface area contributed by atoms with Crippen LogP contribution in [0.1, 0.15) is 42.1 Å². The SMILES string of the molecule is Cc1cc(C(=O)NCC2(c3ccc(F)cc3F)CC2(C)C)no1. The zero-order valence-electron chi connectivity index (χ0n) is 13.2. The first-order chi connectivity index (χ1) is 10.7. The molecule has 1 aliphatic carbocycles. The molecule has 1 aliphatic rings. The Balaban J connectivity index is 1.82. The normalized spacial score (nSPS) is 22.0. The quantitative estimate of drug-likeness (QED) is 0.940. The predicted molar refractivity (Wildman–Crippen MR) is 80.0 cm³/mol. The van der Waals surface area contributed by atoms with E-state index in [1.165, 1.54) is 12.1 Å². The molecule has 23 heavy (non-hydrogen) atoms. The molecule has 1 saturated carbocycles. The highest BCUT2D eigenvalue weighted by atomic mass is 19.1. The molecule has 1 unspecified atom stereocenters. The molecule has 6 heteroatoms. The second-order valence-corrected chi connectivity index (χ2v) is 6.77. The van der Waals surface area contributed by atoms with Gasteiger partial charge in [0.15, 0.2) is 5.69 Å². The molecule has 2 aromatic rings. The van der Waals surface area contributed by atoms with Crippen molar-refractivity contribution in [3.05, 3.63) is 52.9 Å². The van der Waals surface area contributed by atoms with Gasteiger partial charge in [0.2, 0.25) is 0 Å². The second kappa shape index (κ2) is 5.15. The average Bonchev–Trinajstić information content (AvgIpc) is 2.80. The van der Waals surface area contributed by atoms with Gasteiger partial charge in [0.05, 0.1) is 0 Å². The Morgan fingerprint density at radius 2 is 2.04 bits per heavy atom. The minimum atomic E-state index is -0.609. The molecule has 1 fully saturated rings. The molecule has 1 atom stereocenters. The Labute approximate surface area is 132 Å². The summed E-state index contributed by atoms with van der Waals surface area (Å²) < 4.78 is 32.2. The highest BCUT2D eigenvalue weighted by Gasteiger charge is 2.62. The summed E-state index contributed by atoms with van der Waals surface area (Å²) in [5.41, 5.74) is -0.103. The molecular weight excluding hydrogens is 302 g/mol. The van der Waals surface area contributed by atoms with Gasteiger partial charge in [0.25, 0.3) is 5.91 Å². The number of halogens is 2. The molecule has 0 spiro atoms. The van der Waals surface area contributed by atoms with Crippen molar-refractivity contribution < 1.29 is 18.1 Å². The Bertz CT molecular complexity index is 770. The van der Waals surface area contributed by atoms with Crippen molar-refractivity contribution in [2.45, 2.75) is 32.6 Å². The maximum Gasteiger partial charge on any atom is 0.273 e. The third kappa shape index (κ3) is 2.62. The Kier molecular flexibility index (Phi) is 3.50. The van der Waals surface area contributed by atoms with E-state index in [0.29, 0.717) is 17.7 Å². The fraction of sp³-hybridized carbons (Fsp3) is 0.412. The van der Waals surface area contributed by atoms with Crippen molar-refractivity contribution in [2.75, 3.05) is 6.54 Å². The van der Waals surface area contributed by atoms with E-state index >= 15 is 0 Å². The van der Waals surface area contributed by atoms with E-state index in [0.717, 1.165) is 6.07 Å². The lowest BCUT2D eigenvalue weighted by molar-refractivity contribution is 0.0938. The summed E-state index contributed by atoms with van der Waals surface area (Å²) >= 11 is 0. The Morgan fingerprint density at radius 1 is 1.35 bits per heavy atom. The van der Waals surface area contributed by atoms with E-state index < -0.39 is 17.0 Å². The zero-order chi connectivity index (χ0) is 16.8. The van der Waals surface area contributed by atoms with Crippen LogP contribution in [0.2, 0.25) is 0 Å². The van der Waals surface area contributed by atoms with Crippen molar-refractivity contribution in [3.63, 3.8) is 0 Å². The number of amides is 1. The van der Waals surface area contributed by atoms with Gasteiger partial charge in [-0.25, -0.2) is 8.78 Å². The van der Waals surface area contributed by atoms with Crippen molar-refractivity contribution in [3.8, 4) is 0 Å². The van der Waals surface area contributed by atoms with Crippen LogP contribution in [0.5, 0.6) is 0 Å². The van der Waals surface area contributed by atoms with Gasteiger partial charge in [-0.2, -0.15) is 0 Å². The zero-order valence-corrected chi connectivity index (χ0v) is 13.2. The molecule has 1 aromatic carbocycles. The van der Waals surface area contributed by atoms with Crippen LogP contribution in [0, 0.1) is 24.0 Å². The van der Waals surface area contributed by atoms with Gasteiger partial charge in [-0.05, 0) is 30.4 Å². The fourth-order valence-electron chi connectivity index (χ4n) is 3.24. The third-order valence-corrected chi connectivity index (χ3v) is 4.77. The van der Waals surface area contributed by atoms with E-state index in [4.69, 9.17) is 4.52 Å². The van der Waals surface area contributed by atoms with Crippen LogP contribution in [-0.2, 0) is 5.41 Å². The number of carbonyl (C=O) groups is 1. The maximum atomic E-state index is 14.2. The number of hydrogen-bond donors (Lipinski definition) is 1. The number of aromatic nitrogens is 1. The van der Waals surface area contributed by atoms with E-state index in [-0.39, 0.29) is 23.6 Å². The molecule has 1 aromatic heterocycles. The van der Waals surface area contributed by atoms with Crippen LogP contribution in [0.4, 0.5) is 8.78 Å². The van der Waals surface area contributed by atoms with Crippen LogP contribution in [0.25, 0.3) is 0 Å². The van der Waals surface area contributed by atoms with E-state index in [1.54, 1.807) is 13.0 Å². The lowest BCUT2D eigenvalue weighted by atomic mass is 9.87. The predicted octanol–water partition coefficient (Wildman–Crippen LogP) is 3.36. The molecule has 1 N–H and O–H groups in total. The third-order valence-electron chi connectivity index (χ3n) is 4.77. The highest BCUT2D eigenvalue weighted by Crippen LogP contribution is 2.64. The topological polar surface area (TPSA) is 55.1 Å². The smallest absolute Gasteiger partial charge is 0.273 e. The molecule has 0 bridgehead atoms. The summed E-state index contributed by atoms with van der Waals surface area (Å²) in [7, 11) is 0. The van der Waals surface area contributed by atoms with E-state index in [1.807, 2.05) is 13.8 Å². The van der Waals surface area contributed by atoms with E-state index in [9.17, 15) is 13.6 Å². The standard InChI is InChI=1S/C17H18F2N2O2/c1-10-6-14(21-23-10)15(22)20-9-17(8-16(17,2)3)12-5-4-11(18)7-13(12)19/h4-7H,8-9H2,1-3H3,(H,20,22). The largest absolute Gasteiger partial charge is 0.361 e. The van der Waals surface area contributed by atoms with Crippen LogP contribution >= 0.6 is 0 Å². The first-order valence-electron chi connectivity index (χ1n) is 7.42. The fourth-order valence-corrected chi connectivity index (χ4v) is 3.24. The molecular formula is C17H18F2N2O2. The number of aryl methyl sites for hydroxylation is 1. The lowest BCUT2D eigenvalue weighted by Crippen LogP contribution is -2.35. The number of nitrogens with one attached hydrogen (secondary N) is 1. The monoisotopic (exact) mass is 320 g/mol. The minimum Gasteiger partial charge on any atom is -0.361 e. The Hall–Kier alpha value is -2.24. The van der Waals surface area contributed by atoms with Crippen LogP contribution in [0.3, 0.4) is 0 Å². The van der Waals surface area contributed by atoms with Gasteiger partial charge in [-0.15, -0.1) is 0 Å². The van der Waals surface area contributed by atoms with Crippen LogP contribution < -0.4 is 5.32 Å². The molecule has 122 valence electrons. The highest BCUT2D eigenvalue weighted by molar-refractivity contribution is 5.92. The summed E-state index contributed by atoms with van der Waals surface area (Å²) in [5.74, 6) is -1.02. The molecule has 1 amide bonds.